The molecule has 1 N–H and O–H groups in total. The fourth-order valence-corrected chi connectivity index (χ4v) is 6.70. The number of hydrogen-bond acceptors (Lipinski definition) is 2. The Labute approximate surface area is 166 Å². The maximum Gasteiger partial charge on any atom is 0.139 e. The van der Waals surface area contributed by atoms with Crippen molar-refractivity contribution in [1.29, 1.82) is 0 Å². The zero-order valence-electron chi connectivity index (χ0n) is 16.1. The maximum atomic E-state index is 15.5. The SMILES string of the molecule is C[C@]12C[C@H](F)C3c4ccc(O)cc4CC(CCCCCCl)C3C1CCC2=O. The Morgan fingerprint density at radius 3 is 2.89 bits per heavy atom. The zero-order chi connectivity index (χ0) is 19.2. The lowest BCUT2D eigenvalue weighted by atomic mass is 9.51. The van der Waals surface area contributed by atoms with Crippen LogP contribution in [0.4, 0.5) is 4.39 Å². The van der Waals surface area contributed by atoms with Gasteiger partial charge in [-0.15, -0.1) is 11.6 Å². The number of ketones is 1. The second-order valence-electron chi connectivity index (χ2n) is 9.19. The van der Waals surface area contributed by atoms with Gasteiger partial charge in [-0.2, -0.15) is 0 Å². The topological polar surface area (TPSA) is 37.3 Å². The highest BCUT2D eigenvalue weighted by Gasteiger charge is 2.60. The van der Waals surface area contributed by atoms with E-state index in [1.165, 1.54) is 0 Å². The summed E-state index contributed by atoms with van der Waals surface area (Å²) in [4.78, 5) is 12.6. The number of phenolic OH excluding ortho intramolecular Hbond substituents is 1. The molecule has 6 atom stereocenters. The van der Waals surface area contributed by atoms with Gasteiger partial charge >= 0.3 is 0 Å². The number of fused-ring (bicyclic) bond motifs is 5. The molecule has 3 aliphatic rings. The molecule has 2 nitrogen and oxygen atoms in total. The first-order valence-corrected chi connectivity index (χ1v) is 11.0. The van der Waals surface area contributed by atoms with E-state index in [0.29, 0.717) is 30.6 Å². The van der Waals surface area contributed by atoms with E-state index in [9.17, 15) is 9.90 Å². The van der Waals surface area contributed by atoms with Crippen LogP contribution >= 0.6 is 11.6 Å². The lowest BCUT2D eigenvalue weighted by molar-refractivity contribution is -0.132. The van der Waals surface area contributed by atoms with Crippen molar-refractivity contribution in [3.63, 3.8) is 0 Å². The number of aromatic hydroxyl groups is 1. The minimum atomic E-state index is -0.979. The zero-order valence-corrected chi connectivity index (χ0v) is 16.9. The molecule has 0 radical (unpaired) electrons. The van der Waals surface area contributed by atoms with Crippen LogP contribution in [0.15, 0.2) is 18.2 Å². The summed E-state index contributed by atoms with van der Waals surface area (Å²) in [6.07, 6.45) is 6.06. The van der Waals surface area contributed by atoms with Gasteiger partial charge in [0.25, 0.3) is 0 Å². The van der Waals surface area contributed by atoms with Crippen LogP contribution in [-0.2, 0) is 11.2 Å². The summed E-state index contributed by atoms with van der Waals surface area (Å²) in [7, 11) is 0. The third-order valence-corrected chi connectivity index (χ3v) is 8.01. The number of carbonyl (C=O) groups is 1. The van der Waals surface area contributed by atoms with Crippen LogP contribution in [0.1, 0.15) is 68.9 Å². The van der Waals surface area contributed by atoms with Crippen molar-refractivity contribution < 1.29 is 14.3 Å². The average molecular weight is 393 g/mol. The van der Waals surface area contributed by atoms with Gasteiger partial charge in [-0.1, -0.05) is 25.8 Å². The third-order valence-electron chi connectivity index (χ3n) is 7.75. The van der Waals surface area contributed by atoms with Crippen LogP contribution in [0.3, 0.4) is 0 Å². The molecule has 0 aromatic heterocycles. The molecule has 3 aliphatic carbocycles. The summed E-state index contributed by atoms with van der Waals surface area (Å²) in [6, 6.07) is 5.45. The number of hydrogen-bond donors (Lipinski definition) is 1. The molecule has 27 heavy (non-hydrogen) atoms. The molecule has 2 fully saturated rings. The van der Waals surface area contributed by atoms with Gasteiger partial charge in [0.15, 0.2) is 0 Å². The Kier molecular flexibility index (Phi) is 5.26. The van der Waals surface area contributed by atoms with Crippen LogP contribution < -0.4 is 0 Å². The second kappa shape index (κ2) is 7.39. The van der Waals surface area contributed by atoms with E-state index in [-0.39, 0.29) is 23.4 Å². The van der Waals surface area contributed by atoms with E-state index in [1.54, 1.807) is 6.07 Å². The highest BCUT2D eigenvalue weighted by molar-refractivity contribution is 6.17. The molecule has 4 rings (SSSR count). The number of alkyl halides is 2. The Hall–Kier alpha value is -1.09. The predicted molar refractivity (Wildman–Crippen MR) is 106 cm³/mol. The molecule has 0 spiro atoms. The van der Waals surface area contributed by atoms with E-state index in [0.717, 1.165) is 49.7 Å². The smallest absolute Gasteiger partial charge is 0.139 e. The van der Waals surface area contributed by atoms with Gasteiger partial charge in [-0.05, 0) is 73.1 Å². The average Bonchev–Trinajstić information content (AvgIpc) is 2.92. The maximum absolute atomic E-state index is 15.5. The summed E-state index contributed by atoms with van der Waals surface area (Å²) >= 11 is 5.83. The number of benzene rings is 1. The van der Waals surface area contributed by atoms with Crippen LogP contribution in [0.25, 0.3) is 0 Å². The van der Waals surface area contributed by atoms with Crippen molar-refractivity contribution in [2.75, 3.05) is 5.88 Å². The number of rotatable bonds is 5. The fourth-order valence-electron chi connectivity index (χ4n) is 6.51. The van der Waals surface area contributed by atoms with Crippen molar-refractivity contribution in [1.82, 2.24) is 0 Å². The number of Topliss-reactive ketones (excluding diaryl/α,β-unsaturated/α-hetero) is 1. The van der Waals surface area contributed by atoms with Crippen molar-refractivity contribution in [2.24, 2.45) is 23.2 Å². The van der Waals surface area contributed by atoms with Crippen molar-refractivity contribution >= 4 is 17.4 Å². The van der Waals surface area contributed by atoms with Crippen LogP contribution in [-0.4, -0.2) is 22.9 Å². The Balaban J connectivity index is 1.70. The summed E-state index contributed by atoms with van der Waals surface area (Å²) < 4.78 is 15.5. The van der Waals surface area contributed by atoms with E-state index in [1.807, 2.05) is 19.1 Å². The van der Waals surface area contributed by atoms with Gasteiger partial charge in [0, 0.05) is 23.6 Å². The molecule has 0 saturated heterocycles. The van der Waals surface area contributed by atoms with E-state index in [2.05, 4.69) is 0 Å². The Morgan fingerprint density at radius 1 is 1.30 bits per heavy atom. The molecule has 0 bridgehead atoms. The fraction of sp³-hybridized carbons (Fsp3) is 0.696. The lowest BCUT2D eigenvalue weighted by Crippen LogP contribution is -2.50. The molecule has 0 amide bonds. The number of unbranched alkanes of at least 4 members (excludes halogenated alkanes) is 2. The molecule has 1 aromatic rings. The molecule has 2 saturated carbocycles. The summed E-state index contributed by atoms with van der Waals surface area (Å²) in [5.41, 5.74) is 1.70. The first-order valence-electron chi connectivity index (χ1n) is 10.5. The van der Waals surface area contributed by atoms with Gasteiger partial charge in [0.1, 0.15) is 17.7 Å². The van der Waals surface area contributed by atoms with Crippen molar-refractivity contribution in [3.05, 3.63) is 29.3 Å². The van der Waals surface area contributed by atoms with E-state index in [4.69, 9.17) is 11.6 Å². The van der Waals surface area contributed by atoms with Gasteiger partial charge in [-0.3, -0.25) is 4.79 Å². The molecule has 0 heterocycles. The summed E-state index contributed by atoms with van der Waals surface area (Å²) in [5.74, 6) is 2.01. The third kappa shape index (κ3) is 3.20. The minimum Gasteiger partial charge on any atom is -0.508 e. The van der Waals surface area contributed by atoms with Gasteiger partial charge in [0.2, 0.25) is 0 Å². The van der Waals surface area contributed by atoms with Crippen LogP contribution in [0.5, 0.6) is 5.75 Å². The minimum absolute atomic E-state index is 0.128. The molecule has 4 heteroatoms. The monoisotopic (exact) mass is 392 g/mol. The molecule has 1 aromatic carbocycles. The highest BCUT2D eigenvalue weighted by Crippen LogP contribution is 2.62. The van der Waals surface area contributed by atoms with Gasteiger partial charge < -0.3 is 5.11 Å². The molecular formula is C23H30ClFO2. The second-order valence-corrected chi connectivity index (χ2v) is 9.57. The van der Waals surface area contributed by atoms with Crippen molar-refractivity contribution in [2.45, 2.75) is 70.4 Å². The van der Waals surface area contributed by atoms with E-state index < -0.39 is 11.6 Å². The Morgan fingerprint density at radius 2 is 2.11 bits per heavy atom. The number of phenols is 1. The Bertz CT molecular complexity index is 720. The number of carbonyl (C=O) groups excluding carboxylic acids is 1. The number of halogens is 2. The summed E-state index contributed by atoms with van der Waals surface area (Å²) in [5, 5.41) is 9.96. The first kappa shape index (κ1) is 19.2. The van der Waals surface area contributed by atoms with Crippen LogP contribution in [0.2, 0.25) is 0 Å². The van der Waals surface area contributed by atoms with E-state index >= 15 is 4.39 Å². The molecule has 148 valence electrons. The van der Waals surface area contributed by atoms with Gasteiger partial charge in [0.05, 0.1) is 0 Å². The standard InChI is InChI=1S/C23H30ClFO2/c1-23-13-19(25)22-17-7-6-16(26)12-15(17)11-14(5-3-2-4-10-24)21(22)18(23)8-9-20(23)27/h6-7,12,14,18-19,21-22,26H,2-5,8-11,13H2,1H3/t14?,18?,19-,21?,22?,23-/m0/s1. The highest BCUT2D eigenvalue weighted by atomic mass is 35.5. The predicted octanol–water partition coefficient (Wildman–Crippen LogP) is 5.79. The lowest BCUT2D eigenvalue weighted by Gasteiger charge is -2.53. The van der Waals surface area contributed by atoms with Gasteiger partial charge in [-0.25, -0.2) is 4.39 Å². The first-order chi connectivity index (χ1) is 13.0. The quantitative estimate of drug-likeness (QED) is 0.508. The molecular weight excluding hydrogens is 363 g/mol. The normalized spacial score (nSPS) is 37.6. The largest absolute Gasteiger partial charge is 0.508 e. The van der Waals surface area contributed by atoms with Crippen LogP contribution in [0, 0.1) is 23.2 Å². The molecule has 4 unspecified atom stereocenters. The van der Waals surface area contributed by atoms with Crippen molar-refractivity contribution in [3.8, 4) is 5.75 Å². The summed E-state index contributed by atoms with van der Waals surface area (Å²) in [6.45, 7) is 2.02. The molecule has 0 aliphatic heterocycles.